The van der Waals surface area contributed by atoms with Crippen molar-refractivity contribution in [3.63, 3.8) is 0 Å². The zero-order valence-electron chi connectivity index (χ0n) is 11.1. The predicted molar refractivity (Wildman–Crippen MR) is 71.9 cm³/mol. The molecule has 19 heavy (non-hydrogen) atoms. The maximum absolute atomic E-state index is 5.55. The van der Waals surface area contributed by atoms with E-state index in [9.17, 15) is 0 Å². The van der Waals surface area contributed by atoms with Crippen LogP contribution in [-0.4, -0.2) is 20.2 Å². The summed E-state index contributed by atoms with van der Waals surface area (Å²) < 4.78 is 5.55. The van der Waals surface area contributed by atoms with Crippen LogP contribution in [0.1, 0.15) is 30.0 Å². The SMILES string of the molecule is Cc1cc([C@@H](C)Nc2ncnc3[nH]ncc23)c(C)o1. The Morgan fingerprint density at radius 3 is 2.89 bits per heavy atom. The van der Waals surface area contributed by atoms with E-state index >= 15 is 0 Å². The number of hydrogen-bond acceptors (Lipinski definition) is 5. The molecule has 6 nitrogen and oxygen atoms in total. The lowest BCUT2D eigenvalue weighted by atomic mass is 10.1. The van der Waals surface area contributed by atoms with Crippen molar-refractivity contribution in [2.24, 2.45) is 0 Å². The molecule has 0 unspecified atom stereocenters. The summed E-state index contributed by atoms with van der Waals surface area (Å²) in [4.78, 5) is 8.38. The number of nitrogens with one attached hydrogen (secondary N) is 2. The minimum atomic E-state index is 0.102. The van der Waals surface area contributed by atoms with Crippen molar-refractivity contribution in [3.05, 3.63) is 35.7 Å². The Kier molecular flexibility index (Phi) is 2.70. The normalized spacial score (nSPS) is 12.8. The van der Waals surface area contributed by atoms with Gasteiger partial charge in [0.2, 0.25) is 0 Å². The van der Waals surface area contributed by atoms with Crippen LogP contribution in [0.4, 0.5) is 5.82 Å². The summed E-state index contributed by atoms with van der Waals surface area (Å²) in [7, 11) is 0. The van der Waals surface area contributed by atoms with Crippen LogP contribution in [0.3, 0.4) is 0 Å². The molecule has 3 aromatic rings. The van der Waals surface area contributed by atoms with Crippen LogP contribution in [0, 0.1) is 13.8 Å². The Morgan fingerprint density at radius 2 is 2.16 bits per heavy atom. The molecule has 0 amide bonds. The van der Waals surface area contributed by atoms with E-state index in [-0.39, 0.29) is 6.04 Å². The topological polar surface area (TPSA) is 79.6 Å². The third-order valence-electron chi connectivity index (χ3n) is 3.15. The fourth-order valence-electron chi connectivity index (χ4n) is 2.24. The summed E-state index contributed by atoms with van der Waals surface area (Å²) in [6, 6.07) is 2.14. The quantitative estimate of drug-likeness (QED) is 0.754. The van der Waals surface area contributed by atoms with Crippen molar-refractivity contribution in [2.75, 3.05) is 5.32 Å². The van der Waals surface area contributed by atoms with E-state index in [1.807, 2.05) is 19.9 Å². The summed E-state index contributed by atoms with van der Waals surface area (Å²) >= 11 is 0. The van der Waals surface area contributed by atoms with Gasteiger partial charge in [-0.2, -0.15) is 5.10 Å². The summed E-state index contributed by atoms with van der Waals surface area (Å²) in [6.45, 7) is 5.99. The molecule has 3 heterocycles. The second-order valence-electron chi connectivity index (χ2n) is 4.59. The van der Waals surface area contributed by atoms with Crippen molar-refractivity contribution in [2.45, 2.75) is 26.8 Å². The second kappa shape index (κ2) is 4.38. The largest absolute Gasteiger partial charge is 0.466 e. The molecule has 6 heteroatoms. The molecular formula is C13H15N5O. The number of aromatic amines is 1. The van der Waals surface area contributed by atoms with E-state index in [0.717, 1.165) is 33.9 Å². The predicted octanol–water partition coefficient (Wildman–Crippen LogP) is 2.74. The number of nitrogens with zero attached hydrogens (tertiary/aromatic N) is 3. The fraction of sp³-hybridized carbons (Fsp3) is 0.308. The van der Waals surface area contributed by atoms with E-state index in [1.54, 1.807) is 6.20 Å². The summed E-state index contributed by atoms with van der Waals surface area (Å²) in [5.74, 6) is 2.61. The Morgan fingerprint density at radius 1 is 1.32 bits per heavy atom. The lowest BCUT2D eigenvalue weighted by molar-refractivity contribution is 0.500. The fourth-order valence-corrected chi connectivity index (χ4v) is 2.24. The number of aromatic nitrogens is 4. The van der Waals surface area contributed by atoms with E-state index in [0.29, 0.717) is 0 Å². The lowest BCUT2D eigenvalue weighted by Crippen LogP contribution is -2.08. The molecule has 0 saturated heterocycles. The monoisotopic (exact) mass is 257 g/mol. The summed E-state index contributed by atoms with van der Waals surface area (Å²) in [5, 5.41) is 11.1. The third kappa shape index (κ3) is 2.05. The van der Waals surface area contributed by atoms with Gasteiger partial charge in [-0.1, -0.05) is 0 Å². The van der Waals surface area contributed by atoms with E-state index in [4.69, 9.17) is 4.42 Å². The number of fused-ring (bicyclic) bond motifs is 1. The second-order valence-corrected chi connectivity index (χ2v) is 4.59. The minimum absolute atomic E-state index is 0.102. The van der Waals surface area contributed by atoms with Crippen LogP contribution in [0.15, 0.2) is 23.0 Å². The van der Waals surface area contributed by atoms with Gasteiger partial charge >= 0.3 is 0 Å². The van der Waals surface area contributed by atoms with Crippen molar-refractivity contribution >= 4 is 16.9 Å². The van der Waals surface area contributed by atoms with Gasteiger partial charge in [0, 0.05) is 5.56 Å². The van der Waals surface area contributed by atoms with Crippen molar-refractivity contribution in [1.82, 2.24) is 20.2 Å². The first-order chi connectivity index (χ1) is 9.15. The smallest absolute Gasteiger partial charge is 0.160 e. The first kappa shape index (κ1) is 11.7. The highest BCUT2D eigenvalue weighted by atomic mass is 16.3. The van der Waals surface area contributed by atoms with Gasteiger partial charge in [-0.15, -0.1) is 0 Å². The summed E-state index contributed by atoms with van der Waals surface area (Å²) in [5.41, 5.74) is 1.86. The molecule has 0 aromatic carbocycles. The molecule has 2 N–H and O–H groups in total. The van der Waals surface area contributed by atoms with Gasteiger partial charge in [0.1, 0.15) is 23.7 Å². The maximum Gasteiger partial charge on any atom is 0.160 e. The number of furan rings is 1. The average molecular weight is 257 g/mol. The molecule has 3 aromatic heterocycles. The van der Waals surface area contributed by atoms with E-state index in [2.05, 4.69) is 32.4 Å². The number of H-pyrrole nitrogens is 1. The molecule has 0 fully saturated rings. The van der Waals surface area contributed by atoms with Crippen molar-refractivity contribution < 1.29 is 4.42 Å². The molecule has 0 bridgehead atoms. The highest BCUT2D eigenvalue weighted by molar-refractivity contribution is 5.85. The van der Waals surface area contributed by atoms with Gasteiger partial charge in [-0.05, 0) is 26.8 Å². The molecular weight excluding hydrogens is 242 g/mol. The molecule has 0 aliphatic heterocycles. The Labute approximate surface area is 110 Å². The van der Waals surface area contributed by atoms with E-state index in [1.165, 1.54) is 6.33 Å². The van der Waals surface area contributed by atoms with Crippen molar-refractivity contribution in [3.8, 4) is 0 Å². The molecule has 0 spiro atoms. The standard InChI is InChI=1S/C13H15N5O/c1-7-4-10(9(3)19-7)8(2)17-12-11-5-16-18-13(11)15-6-14-12/h4-6,8H,1-3H3,(H2,14,15,16,17,18)/t8-/m1/s1. The van der Waals surface area contributed by atoms with Crippen LogP contribution < -0.4 is 5.32 Å². The highest BCUT2D eigenvalue weighted by Gasteiger charge is 2.14. The number of aryl methyl sites for hydroxylation is 2. The first-order valence-electron chi connectivity index (χ1n) is 6.12. The zero-order chi connectivity index (χ0) is 13.4. The molecule has 0 radical (unpaired) electrons. The molecule has 0 aliphatic rings. The lowest BCUT2D eigenvalue weighted by Gasteiger charge is -2.14. The van der Waals surface area contributed by atoms with Gasteiger partial charge < -0.3 is 9.73 Å². The van der Waals surface area contributed by atoms with Gasteiger partial charge in [-0.25, -0.2) is 9.97 Å². The molecule has 0 aliphatic carbocycles. The highest BCUT2D eigenvalue weighted by Crippen LogP contribution is 2.26. The van der Waals surface area contributed by atoms with Crippen LogP contribution in [0.25, 0.3) is 11.0 Å². The Balaban J connectivity index is 1.92. The Bertz CT molecular complexity index is 715. The van der Waals surface area contributed by atoms with Gasteiger partial charge in [0.05, 0.1) is 17.6 Å². The van der Waals surface area contributed by atoms with Crippen molar-refractivity contribution in [1.29, 1.82) is 0 Å². The molecule has 0 saturated carbocycles. The van der Waals surface area contributed by atoms with E-state index < -0.39 is 0 Å². The molecule has 1 atom stereocenters. The summed E-state index contributed by atoms with van der Waals surface area (Å²) in [6.07, 6.45) is 3.24. The average Bonchev–Trinajstić information content (AvgIpc) is 2.96. The van der Waals surface area contributed by atoms with Gasteiger partial charge in [0.15, 0.2) is 5.65 Å². The van der Waals surface area contributed by atoms with Crippen LogP contribution in [-0.2, 0) is 0 Å². The number of hydrogen-bond donors (Lipinski definition) is 2. The maximum atomic E-state index is 5.55. The third-order valence-corrected chi connectivity index (χ3v) is 3.15. The Hall–Kier alpha value is -2.37. The zero-order valence-corrected chi connectivity index (χ0v) is 11.1. The number of rotatable bonds is 3. The van der Waals surface area contributed by atoms with Crippen LogP contribution >= 0.6 is 0 Å². The molecule has 98 valence electrons. The van der Waals surface area contributed by atoms with Crippen LogP contribution in [0.5, 0.6) is 0 Å². The molecule has 3 rings (SSSR count). The minimum Gasteiger partial charge on any atom is -0.466 e. The number of anilines is 1. The van der Waals surface area contributed by atoms with Gasteiger partial charge in [-0.3, -0.25) is 5.10 Å². The first-order valence-corrected chi connectivity index (χ1v) is 6.12. The van der Waals surface area contributed by atoms with Crippen LogP contribution in [0.2, 0.25) is 0 Å². The van der Waals surface area contributed by atoms with Gasteiger partial charge in [0.25, 0.3) is 0 Å².